The van der Waals surface area contributed by atoms with Crippen LogP contribution in [0, 0.1) is 0 Å². The summed E-state index contributed by atoms with van der Waals surface area (Å²) >= 11 is 0. The Bertz CT molecular complexity index is 3.61. The average Bonchev–Trinajstić information content (AvgIpc) is 0. The molecule has 34 valence electrons. The summed E-state index contributed by atoms with van der Waals surface area (Å²) in [5.41, 5.74) is 0. The van der Waals surface area contributed by atoms with Gasteiger partial charge in [-0.05, 0) is 0 Å². The van der Waals surface area contributed by atoms with Crippen molar-refractivity contribution in [3.8, 4) is 0 Å². The molecule has 0 N–H and O–H groups in total. The van der Waals surface area contributed by atoms with E-state index in [1.165, 1.54) is 0 Å². The van der Waals surface area contributed by atoms with E-state index < -0.39 is 0 Å². The SMILES string of the molecule is Br.Br.Br.Br.[KH]. The van der Waals surface area contributed by atoms with Crippen molar-refractivity contribution < 1.29 is 0 Å². The van der Waals surface area contributed by atoms with E-state index in [0.29, 0.717) is 0 Å². The predicted molar refractivity (Wildman–Crippen MR) is 48.4 cm³/mol. The molecule has 0 amide bonds. The maximum atomic E-state index is 0. The van der Waals surface area contributed by atoms with E-state index in [9.17, 15) is 0 Å². The first kappa shape index (κ1) is 38.6. The molecule has 0 bridgehead atoms. The van der Waals surface area contributed by atoms with Crippen molar-refractivity contribution in [3.05, 3.63) is 0 Å². The van der Waals surface area contributed by atoms with E-state index >= 15 is 0 Å². The quantitative estimate of drug-likeness (QED) is 0.574. The summed E-state index contributed by atoms with van der Waals surface area (Å²) in [6, 6.07) is 0. The van der Waals surface area contributed by atoms with Gasteiger partial charge in [-0.1, -0.05) is 0 Å². The Morgan fingerprint density at radius 1 is 0.400 bits per heavy atom. The zero-order valence-electron chi connectivity index (χ0n) is 1.63. The topological polar surface area (TPSA) is 0 Å². The summed E-state index contributed by atoms with van der Waals surface area (Å²) in [5.74, 6) is 0. The van der Waals surface area contributed by atoms with Gasteiger partial charge in [0.2, 0.25) is 0 Å². The predicted octanol–water partition coefficient (Wildman–Crippen LogP) is 1.66. The van der Waals surface area contributed by atoms with Gasteiger partial charge in [0.1, 0.15) is 0 Å². The first-order valence-electron chi connectivity index (χ1n) is 0. The van der Waals surface area contributed by atoms with Crippen molar-refractivity contribution in [2.24, 2.45) is 0 Å². The fourth-order valence-corrected chi connectivity index (χ4v) is 0. The molecule has 0 aliphatic heterocycles. The zero-order chi connectivity index (χ0) is 0. The Morgan fingerprint density at radius 3 is 0.400 bits per heavy atom. The summed E-state index contributed by atoms with van der Waals surface area (Å²) in [5, 5.41) is 0. The van der Waals surface area contributed by atoms with E-state index in [2.05, 4.69) is 0 Å². The van der Waals surface area contributed by atoms with Crippen LogP contribution in [0.4, 0.5) is 0 Å². The summed E-state index contributed by atoms with van der Waals surface area (Å²) in [6.45, 7) is 0. The second kappa shape index (κ2) is 25.7. The van der Waals surface area contributed by atoms with Crippen LogP contribution in [0.5, 0.6) is 0 Å². The van der Waals surface area contributed by atoms with Crippen LogP contribution in [0.1, 0.15) is 0 Å². The Kier molecular flexibility index (Phi) is 198. The standard InChI is InChI=1S/4BrH.K.H/h4*1H;;. The van der Waals surface area contributed by atoms with E-state index in [1.807, 2.05) is 0 Å². The summed E-state index contributed by atoms with van der Waals surface area (Å²) < 4.78 is 0. The van der Waals surface area contributed by atoms with Crippen molar-refractivity contribution in [2.75, 3.05) is 0 Å². The third-order valence-corrected chi connectivity index (χ3v) is 0. The van der Waals surface area contributed by atoms with Gasteiger partial charge < -0.3 is 0 Å². The van der Waals surface area contributed by atoms with Crippen LogP contribution >= 0.6 is 67.9 Å². The summed E-state index contributed by atoms with van der Waals surface area (Å²) in [4.78, 5) is 0. The molecule has 0 atom stereocenters. The molecule has 0 aromatic rings. The molecule has 5 heavy (non-hydrogen) atoms. The molecule has 0 heterocycles. The van der Waals surface area contributed by atoms with Crippen LogP contribution in [-0.2, 0) is 0 Å². The van der Waals surface area contributed by atoms with Crippen LogP contribution in [0.25, 0.3) is 0 Å². The van der Waals surface area contributed by atoms with Crippen molar-refractivity contribution >= 4 is 119 Å². The Morgan fingerprint density at radius 2 is 0.400 bits per heavy atom. The number of rotatable bonds is 0. The van der Waals surface area contributed by atoms with Gasteiger partial charge in [0.25, 0.3) is 0 Å². The molecule has 0 spiro atoms. The van der Waals surface area contributed by atoms with Gasteiger partial charge in [-0.3, -0.25) is 0 Å². The van der Waals surface area contributed by atoms with Crippen LogP contribution in [0.3, 0.4) is 0 Å². The molecule has 0 aromatic carbocycles. The third kappa shape index (κ3) is 18.4. The average molecular weight is 364 g/mol. The first-order valence-corrected chi connectivity index (χ1v) is 0. The van der Waals surface area contributed by atoms with Gasteiger partial charge in [0.15, 0.2) is 0 Å². The van der Waals surface area contributed by atoms with Gasteiger partial charge in [-0.15, -0.1) is 67.9 Å². The van der Waals surface area contributed by atoms with Crippen molar-refractivity contribution in [1.82, 2.24) is 0 Å². The van der Waals surface area contributed by atoms with Crippen molar-refractivity contribution in [2.45, 2.75) is 0 Å². The fourth-order valence-electron chi connectivity index (χ4n) is 0. The Labute approximate surface area is 116 Å². The molecule has 0 radical (unpaired) electrons. The minimum absolute atomic E-state index is 0. The normalized spacial score (nSPS) is 0. The van der Waals surface area contributed by atoms with Gasteiger partial charge in [0, 0.05) is 0 Å². The van der Waals surface area contributed by atoms with Gasteiger partial charge in [-0.25, -0.2) is 0 Å². The van der Waals surface area contributed by atoms with E-state index in [4.69, 9.17) is 0 Å². The van der Waals surface area contributed by atoms with Crippen molar-refractivity contribution in [1.29, 1.82) is 0 Å². The monoisotopic (exact) mass is 360 g/mol. The molecule has 5 heteroatoms. The molecule has 0 aliphatic carbocycles. The van der Waals surface area contributed by atoms with Crippen molar-refractivity contribution in [3.63, 3.8) is 0 Å². The Balaban J connectivity index is 0. The van der Waals surface area contributed by atoms with Gasteiger partial charge in [-0.2, -0.15) is 0 Å². The van der Waals surface area contributed by atoms with Crippen LogP contribution in [0.2, 0.25) is 0 Å². The third-order valence-electron chi connectivity index (χ3n) is 0. The minimum atomic E-state index is 0. The zero-order valence-corrected chi connectivity index (χ0v) is 8.49. The Hall–Kier alpha value is 3.56. The molecule has 0 saturated heterocycles. The molecular formula is H5Br4K. The van der Waals surface area contributed by atoms with Gasteiger partial charge >= 0.3 is 51.4 Å². The molecule has 0 nitrogen and oxygen atoms in total. The van der Waals surface area contributed by atoms with E-state index in [-0.39, 0.29) is 119 Å². The fraction of sp³-hybridized carbons (Fsp3) is 0. The molecule has 0 aromatic heterocycles. The summed E-state index contributed by atoms with van der Waals surface area (Å²) in [7, 11) is 0. The van der Waals surface area contributed by atoms with Gasteiger partial charge in [0.05, 0.1) is 0 Å². The molecule has 0 rings (SSSR count). The maximum absolute atomic E-state index is 0. The van der Waals surface area contributed by atoms with Crippen LogP contribution in [-0.4, -0.2) is 51.4 Å². The van der Waals surface area contributed by atoms with Crippen LogP contribution in [0.15, 0.2) is 0 Å². The van der Waals surface area contributed by atoms with E-state index in [1.54, 1.807) is 0 Å². The second-order valence-electron chi connectivity index (χ2n) is 0. The molecule has 0 saturated carbocycles. The molecule has 0 fully saturated rings. The second-order valence-corrected chi connectivity index (χ2v) is 0. The first-order chi connectivity index (χ1) is 0. The molecular weight excluding hydrogens is 359 g/mol. The molecule has 0 unspecified atom stereocenters. The summed E-state index contributed by atoms with van der Waals surface area (Å²) in [6.07, 6.45) is 0. The number of hydrogen-bond acceptors (Lipinski definition) is 0. The molecule has 0 aliphatic rings. The number of hydrogen-bond donors (Lipinski definition) is 0. The van der Waals surface area contributed by atoms with E-state index in [0.717, 1.165) is 0 Å². The number of halogens is 4. The van der Waals surface area contributed by atoms with Crippen LogP contribution < -0.4 is 0 Å².